The van der Waals surface area contributed by atoms with Gasteiger partial charge in [0.15, 0.2) is 0 Å². The minimum absolute atomic E-state index is 0.217. The van der Waals surface area contributed by atoms with Gasteiger partial charge in [-0.3, -0.25) is 4.90 Å². The zero-order valence-corrected chi connectivity index (χ0v) is 13.1. The number of rotatable bonds is 4. The number of nitrogens with zero attached hydrogens (tertiary/aromatic N) is 1. The van der Waals surface area contributed by atoms with Crippen molar-refractivity contribution in [2.24, 2.45) is 5.92 Å². The molecule has 2 aliphatic heterocycles. The molecular weight excluding hydrogens is 282 g/mol. The van der Waals surface area contributed by atoms with Gasteiger partial charge in [0.05, 0.1) is 0 Å². The Kier molecular flexibility index (Phi) is 3.83. The van der Waals surface area contributed by atoms with Gasteiger partial charge < -0.3 is 14.2 Å². The second-order valence-corrected chi connectivity index (χ2v) is 5.90. The summed E-state index contributed by atoms with van der Waals surface area (Å²) in [6, 6.07) is 9.54. The Hall–Kier alpha value is -2.01. The molecule has 2 heterocycles. The highest BCUT2D eigenvalue weighted by Crippen LogP contribution is 2.41. The van der Waals surface area contributed by atoms with E-state index in [0.717, 1.165) is 11.3 Å². The van der Waals surface area contributed by atoms with Gasteiger partial charge in [0.1, 0.15) is 11.8 Å². The van der Waals surface area contributed by atoms with E-state index in [2.05, 4.69) is 0 Å². The molecule has 1 fully saturated rings. The summed E-state index contributed by atoms with van der Waals surface area (Å²) in [7, 11) is 1.51. The quantitative estimate of drug-likeness (QED) is 0.856. The summed E-state index contributed by atoms with van der Waals surface area (Å²) in [5.41, 5.74) is 1.05. The van der Waals surface area contributed by atoms with Crippen LogP contribution in [0.5, 0.6) is 0 Å². The minimum atomic E-state index is -1.33. The molecule has 0 saturated carbocycles. The predicted molar refractivity (Wildman–Crippen MR) is 80.6 cm³/mol. The van der Waals surface area contributed by atoms with Gasteiger partial charge in [-0.15, -0.1) is 0 Å². The fourth-order valence-electron chi connectivity index (χ4n) is 2.89. The Morgan fingerprint density at radius 3 is 2.68 bits per heavy atom. The summed E-state index contributed by atoms with van der Waals surface area (Å²) < 4.78 is 16.8. The standard InChI is InChI=1S/C17H21NO4/c1-12(2)14-9-10-15-17(20-3,21-14)22-16(19)18(15)11-13-7-5-4-6-8-13/h4-9,12,15H,10-11H2,1-3H3. The minimum Gasteiger partial charge on any atom is -0.433 e. The van der Waals surface area contributed by atoms with Gasteiger partial charge in [-0.1, -0.05) is 44.2 Å². The van der Waals surface area contributed by atoms with Crippen LogP contribution in [0, 0.1) is 5.92 Å². The zero-order valence-electron chi connectivity index (χ0n) is 13.1. The summed E-state index contributed by atoms with van der Waals surface area (Å²) in [6.07, 6.45) is 2.26. The lowest BCUT2D eigenvalue weighted by atomic mass is 10.0. The van der Waals surface area contributed by atoms with Gasteiger partial charge in [0, 0.05) is 19.6 Å². The third-order valence-corrected chi connectivity index (χ3v) is 4.10. The van der Waals surface area contributed by atoms with E-state index in [1.165, 1.54) is 7.11 Å². The van der Waals surface area contributed by atoms with Crippen LogP contribution in [0.2, 0.25) is 0 Å². The number of methoxy groups -OCH3 is 1. The van der Waals surface area contributed by atoms with Gasteiger partial charge in [0.2, 0.25) is 0 Å². The Bertz CT molecular complexity index is 584. The maximum absolute atomic E-state index is 12.3. The second kappa shape index (κ2) is 5.65. The zero-order chi connectivity index (χ0) is 15.7. The van der Waals surface area contributed by atoms with Crippen molar-refractivity contribution in [3.63, 3.8) is 0 Å². The van der Waals surface area contributed by atoms with Crippen molar-refractivity contribution < 1.29 is 19.0 Å². The lowest BCUT2D eigenvalue weighted by Crippen LogP contribution is -2.50. The Balaban J connectivity index is 1.86. The molecular formula is C17H21NO4. The largest absolute Gasteiger partial charge is 0.433 e. The van der Waals surface area contributed by atoms with E-state index in [1.807, 2.05) is 50.3 Å². The number of allylic oxidation sites excluding steroid dienone is 1. The van der Waals surface area contributed by atoms with E-state index in [4.69, 9.17) is 14.2 Å². The van der Waals surface area contributed by atoms with Crippen LogP contribution in [0.25, 0.3) is 0 Å². The highest BCUT2D eigenvalue weighted by Gasteiger charge is 2.59. The molecule has 2 aliphatic rings. The SMILES string of the molecule is COC12OC(=O)N(Cc3ccccc3)C1CC=C(C(C)C)O2. The van der Waals surface area contributed by atoms with Crippen molar-refractivity contribution in [3.8, 4) is 0 Å². The van der Waals surface area contributed by atoms with Crippen molar-refractivity contribution in [1.29, 1.82) is 0 Å². The van der Waals surface area contributed by atoms with Crippen LogP contribution in [0.4, 0.5) is 4.79 Å². The van der Waals surface area contributed by atoms with Gasteiger partial charge >= 0.3 is 12.1 Å². The molecule has 1 saturated heterocycles. The Morgan fingerprint density at radius 1 is 1.32 bits per heavy atom. The molecule has 5 nitrogen and oxygen atoms in total. The van der Waals surface area contributed by atoms with Gasteiger partial charge in [-0.25, -0.2) is 4.79 Å². The lowest BCUT2D eigenvalue weighted by molar-refractivity contribution is -0.334. The molecule has 0 aliphatic carbocycles. The van der Waals surface area contributed by atoms with Crippen LogP contribution in [-0.2, 0) is 20.8 Å². The topological polar surface area (TPSA) is 48.0 Å². The lowest BCUT2D eigenvalue weighted by Gasteiger charge is -2.37. The summed E-state index contributed by atoms with van der Waals surface area (Å²) in [4.78, 5) is 14.0. The predicted octanol–water partition coefficient (Wildman–Crippen LogP) is 3.27. The molecule has 1 aromatic rings. The van der Waals surface area contributed by atoms with Crippen LogP contribution in [0.15, 0.2) is 42.2 Å². The molecule has 118 valence electrons. The van der Waals surface area contributed by atoms with Crippen molar-refractivity contribution >= 4 is 6.09 Å². The maximum Gasteiger partial charge on any atom is 0.415 e. The molecule has 0 aromatic heterocycles. The van der Waals surface area contributed by atoms with E-state index in [1.54, 1.807) is 4.90 Å². The number of hydrogen-bond donors (Lipinski definition) is 0. The molecule has 0 radical (unpaired) electrons. The molecule has 5 heteroatoms. The first-order valence-corrected chi connectivity index (χ1v) is 7.53. The highest BCUT2D eigenvalue weighted by atomic mass is 16.9. The normalized spacial score (nSPS) is 27.3. The Labute approximate surface area is 130 Å². The van der Waals surface area contributed by atoms with Crippen molar-refractivity contribution in [1.82, 2.24) is 4.90 Å². The fraction of sp³-hybridized carbons (Fsp3) is 0.471. The first-order chi connectivity index (χ1) is 10.6. The third-order valence-electron chi connectivity index (χ3n) is 4.10. The van der Waals surface area contributed by atoms with E-state index in [0.29, 0.717) is 13.0 Å². The number of amides is 1. The first-order valence-electron chi connectivity index (χ1n) is 7.53. The van der Waals surface area contributed by atoms with E-state index in [9.17, 15) is 4.79 Å². The van der Waals surface area contributed by atoms with E-state index < -0.39 is 12.1 Å². The van der Waals surface area contributed by atoms with E-state index in [-0.39, 0.29) is 12.0 Å². The number of ether oxygens (including phenoxy) is 3. The molecule has 2 unspecified atom stereocenters. The average Bonchev–Trinajstić information content (AvgIpc) is 2.80. The molecule has 0 N–H and O–H groups in total. The maximum atomic E-state index is 12.3. The van der Waals surface area contributed by atoms with Crippen LogP contribution < -0.4 is 0 Å². The second-order valence-electron chi connectivity index (χ2n) is 5.90. The molecule has 3 rings (SSSR count). The Morgan fingerprint density at radius 2 is 2.05 bits per heavy atom. The number of carbonyl (C=O) groups excluding carboxylic acids is 1. The van der Waals surface area contributed by atoms with Crippen LogP contribution in [0.3, 0.4) is 0 Å². The first kappa shape index (κ1) is 14.9. The third kappa shape index (κ3) is 2.46. The monoisotopic (exact) mass is 303 g/mol. The van der Waals surface area contributed by atoms with Crippen LogP contribution in [-0.4, -0.2) is 30.1 Å². The molecule has 1 amide bonds. The smallest absolute Gasteiger partial charge is 0.415 e. The van der Waals surface area contributed by atoms with Gasteiger partial charge in [-0.2, -0.15) is 0 Å². The summed E-state index contributed by atoms with van der Waals surface area (Å²) in [6.45, 7) is 4.55. The molecule has 2 atom stereocenters. The van der Waals surface area contributed by atoms with Gasteiger partial charge in [0.25, 0.3) is 0 Å². The highest BCUT2D eigenvalue weighted by molar-refractivity contribution is 5.71. The van der Waals surface area contributed by atoms with Crippen LogP contribution in [0.1, 0.15) is 25.8 Å². The number of fused-ring (bicyclic) bond motifs is 1. The molecule has 22 heavy (non-hydrogen) atoms. The van der Waals surface area contributed by atoms with Crippen molar-refractivity contribution in [2.75, 3.05) is 7.11 Å². The van der Waals surface area contributed by atoms with Crippen LogP contribution >= 0.6 is 0 Å². The molecule has 1 aromatic carbocycles. The summed E-state index contributed by atoms with van der Waals surface area (Å²) >= 11 is 0. The average molecular weight is 303 g/mol. The number of carbonyl (C=O) groups is 1. The molecule has 0 bridgehead atoms. The van der Waals surface area contributed by atoms with Gasteiger partial charge in [-0.05, 0) is 18.1 Å². The van der Waals surface area contributed by atoms with Crippen molar-refractivity contribution in [3.05, 3.63) is 47.7 Å². The van der Waals surface area contributed by atoms with E-state index >= 15 is 0 Å². The summed E-state index contributed by atoms with van der Waals surface area (Å²) in [5.74, 6) is -0.317. The van der Waals surface area contributed by atoms with Crippen molar-refractivity contribution in [2.45, 2.75) is 38.8 Å². The molecule has 0 spiro atoms. The number of benzene rings is 1. The summed E-state index contributed by atoms with van der Waals surface area (Å²) in [5, 5.41) is 0. The fourth-order valence-corrected chi connectivity index (χ4v) is 2.89. The number of hydrogen-bond acceptors (Lipinski definition) is 4.